The second-order valence-electron chi connectivity index (χ2n) is 5.98. The molecule has 0 rings (SSSR count). The van der Waals surface area contributed by atoms with Crippen LogP contribution in [-0.2, 0) is 14.4 Å². The number of hydrogen-bond donors (Lipinski definition) is 8. The summed E-state index contributed by atoms with van der Waals surface area (Å²) in [5, 5.41) is 13.9. The Balaban J connectivity index is 4.89. The molecule has 0 radical (unpaired) electrons. The molecule has 0 saturated heterocycles. The summed E-state index contributed by atoms with van der Waals surface area (Å²) < 4.78 is 0. The highest BCUT2D eigenvalue weighted by Gasteiger charge is 2.27. The SMILES string of the molecule is NCCCC[C@H](N)C(=O)N[C@@H](CCCN=C(N)N)C(=O)N[C@@H](CS)C(=O)O. The molecule has 0 aromatic rings. The average molecular weight is 406 g/mol. The number of guanidine groups is 1. The topological polar surface area (TPSA) is 212 Å². The predicted octanol–water partition coefficient (Wildman–Crippen LogP) is -2.52. The van der Waals surface area contributed by atoms with Gasteiger partial charge < -0.3 is 38.7 Å². The van der Waals surface area contributed by atoms with Crippen molar-refractivity contribution in [3.63, 3.8) is 0 Å². The molecular weight excluding hydrogens is 374 g/mol. The fraction of sp³-hybridized carbons (Fsp3) is 0.733. The van der Waals surface area contributed by atoms with E-state index in [9.17, 15) is 14.4 Å². The van der Waals surface area contributed by atoms with Crippen LogP contribution in [0.25, 0.3) is 0 Å². The summed E-state index contributed by atoms with van der Waals surface area (Å²) in [5.41, 5.74) is 21.7. The lowest BCUT2D eigenvalue weighted by Crippen LogP contribution is -2.54. The first-order chi connectivity index (χ1) is 12.7. The summed E-state index contributed by atoms with van der Waals surface area (Å²) in [6.45, 7) is 0.768. The van der Waals surface area contributed by atoms with E-state index < -0.39 is 35.9 Å². The van der Waals surface area contributed by atoms with Crippen LogP contribution >= 0.6 is 12.6 Å². The van der Waals surface area contributed by atoms with Crippen LogP contribution < -0.4 is 33.6 Å². The minimum Gasteiger partial charge on any atom is -0.480 e. The van der Waals surface area contributed by atoms with Crippen molar-refractivity contribution in [1.29, 1.82) is 0 Å². The van der Waals surface area contributed by atoms with Gasteiger partial charge in [0.25, 0.3) is 0 Å². The lowest BCUT2D eigenvalue weighted by Gasteiger charge is -2.22. The largest absolute Gasteiger partial charge is 0.480 e. The monoisotopic (exact) mass is 405 g/mol. The number of carboxylic acids is 1. The highest BCUT2D eigenvalue weighted by atomic mass is 32.1. The number of hydrogen-bond acceptors (Lipinski definition) is 7. The number of nitrogens with one attached hydrogen (secondary N) is 2. The summed E-state index contributed by atoms with van der Waals surface area (Å²) in [5.74, 6) is -2.52. The Bertz CT molecular complexity index is 514. The van der Waals surface area contributed by atoms with E-state index in [2.05, 4.69) is 28.3 Å². The van der Waals surface area contributed by atoms with Crippen molar-refractivity contribution in [3.05, 3.63) is 0 Å². The highest BCUT2D eigenvalue weighted by Crippen LogP contribution is 2.03. The number of aliphatic carboxylic acids is 1. The Morgan fingerprint density at radius 3 is 2.15 bits per heavy atom. The van der Waals surface area contributed by atoms with Gasteiger partial charge in [-0.25, -0.2) is 4.79 Å². The fourth-order valence-corrected chi connectivity index (χ4v) is 2.40. The number of carboxylic acid groups (broad SMARTS) is 1. The predicted molar refractivity (Wildman–Crippen MR) is 106 cm³/mol. The second-order valence-corrected chi connectivity index (χ2v) is 6.35. The molecule has 0 bridgehead atoms. The molecule has 12 heteroatoms. The van der Waals surface area contributed by atoms with Gasteiger partial charge in [-0.05, 0) is 32.2 Å². The first-order valence-electron chi connectivity index (χ1n) is 8.68. The van der Waals surface area contributed by atoms with E-state index in [-0.39, 0.29) is 24.7 Å². The van der Waals surface area contributed by atoms with Gasteiger partial charge in [0.2, 0.25) is 11.8 Å². The normalized spacial score (nSPS) is 13.9. The van der Waals surface area contributed by atoms with E-state index in [0.717, 1.165) is 6.42 Å². The molecule has 0 aromatic carbocycles. The van der Waals surface area contributed by atoms with Crippen molar-refractivity contribution in [2.45, 2.75) is 50.2 Å². The average Bonchev–Trinajstić information content (AvgIpc) is 2.61. The number of thiol groups is 1. The van der Waals surface area contributed by atoms with Crippen molar-refractivity contribution in [2.24, 2.45) is 27.9 Å². The van der Waals surface area contributed by atoms with Crippen molar-refractivity contribution >= 4 is 36.4 Å². The second kappa shape index (κ2) is 14.1. The van der Waals surface area contributed by atoms with E-state index in [4.69, 9.17) is 28.0 Å². The van der Waals surface area contributed by atoms with E-state index in [0.29, 0.717) is 25.8 Å². The van der Waals surface area contributed by atoms with Gasteiger partial charge in [-0.15, -0.1) is 0 Å². The minimum atomic E-state index is -1.22. The van der Waals surface area contributed by atoms with E-state index in [1.54, 1.807) is 0 Å². The maximum absolute atomic E-state index is 12.4. The molecule has 0 saturated carbocycles. The fourth-order valence-electron chi connectivity index (χ4n) is 2.15. The Kier molecular flexibility index (Phi) is 13.0. The Hall–Kier alpha value is -2.05. The number of nitrogens with two attached hydrogens (primary N) is 4. The summed E-state index contributed by atoms with van der Waals surface area (Å²) in [7, 11) is 0. The van der Waals surface area contributed by atoms with Crippen LogP contribution in [0.4, 0.5) is 0 Å². The van der Waals surface area contributed by atoms with Gasteiger partial charge in [-0.3, -0.25) is 14.6 Å². The minimum absolute atomic E-state index is 0.0806. The van der Waals surface area contributed by atoms with Crippen LogP contribution in [0.5, 0.6) is 0 Å². The number of carbonyl (C=O) groups is 3. The molecule has 0 heterocycles. The molecule has 3 atom stereocenters. The molecule has 11 N–H and O–H groups in total. The third-order valence-electron chi connectivity index (χ3n) is 3.68. The Morgan fingerprint density at radius 2 is 1.63 bits per heavy atom. The number of unbranched alkanes of at least 4 members (excludes halogenated alkanes) is 1. The third-order valence-corrected chi connectivity index (χ3v) is 4.05. The van der Waals surface area contributed by atoms with Crippen molar-refractivity contribution in [2.75, 3.05) is 18.8 Å². The van der Waals surface area contributed by atoms with Crippen LogP contribution in [0.3, 0.4) is 0 Å². The zero-order valence-corrected chi connectivity index (χ0v) is 16.2. The molecule has 0 aliphatic heterocycles. The quantitative estimate of drug-likeness (QED) is 0.0666. The van der Waals surface area contributed by atoms with E-state index >= 15 is 0 Å². The lowest BCUT2D eigenvalue weighted by molar-refractivity contribution is -0.141. The number of nitrogens with zero attached hydrogens (tertiary/aromatic N) is 1. The number of carbonyl (C=O) groups excluding carboxylic acids is 2. The highest BCUT2D eigenvalue weighted by molar-refractivity contribution is 7.80. The summed E-state index contributed by atoms with van der Waals surface area (Å²) in [6, 6.07) is -2.92. The smallest absolute Gasteiger partial charge is 0.327 e. The van der Waals surface area contributed by atoms with Crippen molar-refractivity contribution in [3.8, 4) is 0 Å². The first-order valence-corrected chi connectivity index (χ1v) is 9.31. The summed E-state index contributed by atoms with van der Waals surface area (Å²) in [6.07, 6.45) is 2.47. The van der Waals surface area contributed by atoms with Gasteiger partial charge in [0.1, 0.15) is 12.1 Å². The first kappa shape index (κ1) is 24.9. The Labute approximate surface area is 164 Å². The third kappa shape index (κ3) is 11.3. The number of amides is 2. The Morgan fingerprint density at radius 1 is 1.00 bits per heavy atom. The van der Waals surface area contributed by atoms with Gasteiger partial charge >= 0.3 is 5.97 Å². The zero-order chi connectivity index (χ0) is 20.8. The molecule has 2 amide bonds. The molecule has 11 nitrogen and oxygen atoms in total. The van der Waals surface area contributed by atoms with Crippen LogP contribution in [0, 0.1) is 0 Å². The van der Waals surface area contributed by atoms with Gasteiger partial charge in [-0.1, -0.05) is 6.42 Å². The maximum atomic E-state index is 12.4. The van der Waals surface area contributed by atoms with Crippen LogP contribution in [-0.4, -0.2) is 65.8 Å². The molecule has 0 unspecified atom stereocenters. The van der Waals surface area contributed by atoms with Crippen LogP contribution in [0.2, 0.25) is 0 Å². The summed E-state index contributed by atoms with van der Waals surface area (Å²) >= 11 is 3.90. The lowest BCUT2D eigenvalue weighted by atomic mass is 10.1. The maximum Gasteiger partial charge on any atom is 0.327 e. The molecule has 0 aliphatic carbocycles. The standard InChI is InChI=1S/C15H31N7O4S/c16-6-2-1-4-9(17)12(23)21-10(5-3-7-20-15(18)19)13(24)22-11(8-27)14(25)26/h9-11,27H,1-8,16-17H2,(H,21,23)(H,22,24)(H,25,26)(H4,18,19,20)/t9-,10-,11-/m0/s1. The molecule has 0 aromatic heterocycles. The molecule has 156 valence electrons. The molecule has 27 heavy (non-hydrogen) atoms. The van der Waals surface area contributed by atoms with Crippen LogP contribution in [0.1, 0.15) is 32.1 Å². The van der Waals surface area contributed by atoms with Crippen molar-refractivity contribution in [1.82, 2.24) is 10.6 Å². The van der Waals surface area contributed by atoms with Crippen molar-refractivity contribution < 1.29 is 19.5 Å². The van der Waals surface area contributed by atoms with Gasteiger partial charge in [0, 0.05) is 12.3 Å². The number of aliphatic imine (C=N–C) groups is 1. The number of rotatable bonds is 14. The molecule has 0 aliphatic rings. The molecular formula is C15H31N7O4S. The van der Waals surface area contributed by atoms with Crippen LogP contribution in [0.15, 0.2) is 4.99 Å². The molecule has 0 fully saturated rings. The van der Waals surface area contributed by atoms with Gasteiger partial charge in [0.05, 0.1) is 6.04 Å². The zero-order valence-electron chi connectivity index (χ0n) is 15.3. The van der Waals surface area contributed by atoms with E-state index in [1.165, 1.54) is 0 Å². The summed E-state index contributed by atoms with van der Waals surface area (Å²) in [4.78, 5) is 39.5. The van der Waals surface area contributed by atoms with Gasteiger partial charge in [0.15, 0.2) is 5.96 Å². The van der Waals surface area contributed by atoms with E-state index in [1.807, 2.05) is 0 Å². The van der Waals surface area contributed by atoms with Gasteiger partial charge in [-0.2, -0.15) is 12.6 Å². The molecule has 0 spiro atoms.